The average molecular weight is 252 g/mol. The van der Waals surface area contributed by atoms with Crippen molar-refractivity contribution in [3.8, 4) is 0 Å². The molecule has 0 aliphatic carbocycles. The highest BCUT2D eigenvalue weighted by Crippen LogP contribution is 2.04. The second-order valence-electron chi connectivity index (χ2n) is 4.13. The monoisotopic (exact) mass is 251 g/mol. The van der Waals surface area contributed by atoms with Crippen molar-refractivity contribution in [2.24, 2.45) is 11.7 Å². The summed E-state index contributed by atoms with van der Waals surface area (Å²) >= 11 is 0. The van der Waals surface area contributed by atoms with Crippen LogP contribution in [0.1, 0.15) is 13.8 Å². The Kier molecular flexibility index (Phi) is 8.20. The molecule has 0 aromatic rings. The van der Waals surface area contributed by atoms with Gasteiger partial charge in [0, 0.05) is 27.2 Å². The summed E-state index contributed by atoms with van der Waals surface area (Å²) in [6.07, 6.45) is 0. The lowest BCUT2D eigenvalue weighted by Gasteiger charge is -2.24. The summed E-state index contributed by atoms with van der Waals surface area (Å²) in [5.74, 6) is -0.451. The highest BCUT2D eigenvalue weighted by Gasteiger charge is 2.22. The van der Waals surface area contributed by atoms with Crippen LogP contribution in [0.15, 0.2) is 0 Å². The van der Waals surface area contributed by atoms with Gasteiger partial charge in [-0.05, 0) is 6.92 Å². The Balaban J connectivity index is 0. The van der Waals surface area contributed by atoms with Crippen molar-refractivity contribution < 1.29 is 9.59 Å². The minimum Gasteiger partial charge on any atom is -0.347 e. The van der Waals surface area contributed by atoms with E-state index in [0.29, 0.717) is 0 Å². The zero-order valence-corrected chi connectivity index (χ0v) is 11.4. The third kappa shape index (κ3) is 5.32. The van der Waals surface area contributed by atoms with Gasteiger partial charge in [-0.25, -0.2) is 0 Å². The maximum atomic E-state index is 11.7. The Morgan fingerprint density at radius 1 is 1.19 bits per heavy atom. The topological polar surface area (TPSA) is 66.6 Å². The number of nitrogens with two attached hydrogens (primary N) is 1. The van der Waals surface area contributed by atoms with Crippen LogP contribution < -0.4 is 5.73 Å². The Labute approximate surface area is 103 Å². The summed E-state index contributed by atoms with van der Waals surface area (Å²) in [4.78, 5) is 25.9. The summed E-state index contributed by atoms with van der Waals surface area (Å²) in [6.45, 7) is 3.65. The molecule has 5 nitrogen and oxygen atoms in total. The van der Waals surface area contributed by atoms with E-state index in [2.05, 4.69) is 0 Å². The number of rotatable bonds is 4. The molecule has 96 valence electrons. The fourth-order valence-corrected chi connectivity index (χ4v) is 0.995. The number of amides is 2. The molecule has 2 unspecified atom stereocenters. The summed E-state index contributed by atoms with van der Waals surface area (Å²) in [6, 6.07) is -0.200. The predicted molar refractivity (Wildman–Crippen MR) is 66.4 cm³/mol. The first-order valence-corrected chi connectivity index (χ1v) is 4.98. The first-order valence-electron chi connectivity index (χ1n) is 4.98. The van der Waals surface area contributed by atoms with Gasteiger partial charge >= 0.3 is 0 Å². The normalized spacial score (nSPS) is 13.4. The zero-order chi connectivity index (χ0) is 12.2. The molecule has 0 saturated carbocycles. The van der Waals surface area contributed by atoms with E-state index in [1.54, 1.807) is 35.0 Å². The lowest BCUT2D eigenvalue weighted by Crippen LogP contribution is -2.43. The van der Waals surface area contributed by atoms with Crippen LogP contribution in [0.2, 0.25) is 0 Å². The number of likely N-dealkylation sites (N-methyl/N-ethyl adjacent to an activating group) is 2. The van der Waals surface area contributed by atoms with E-state index in [9.17, 15) is 9.59 Å². The average Bonchev–Trinajstić information content (AvgIpc) is 2.14. The molecular weight excluding hydrogens is 230 g/mol. The van der Waals surface area contributed by atoms with Crippen molar-refractivity contribution in [3.63, 3.8) is 0 Å². The van der Waals surface area contributed by atoms with Crippen molar-refractivity contribution in [1.29, 1.82) is 0 Å². The molecule has 2 N–H and O–H groups in total. The molecule has 16 heavy (non-hydrogen) atoms. The second-order valence-corrected chi connectivity index (χ2v) is 4.13. The second kappa shape index (κ2) is 7.46. The smallest absolute Gasteiger partial charge is 0.241 e. The maximum absolute atomic E-state index is 11.7. The molecule has 0 saturated heterocycles. The van der Waals surface area contributed by atoms with E-state index >= 15 is 0 Å². The number of carbonyl (C=O) groups excluding carboxylic acids is 2. The summed E-state index contributed by atoms with van der Waals surface area (Å²) < 4.78 is 0. The molecule has 0 aliphatic rings. The zero-order valence-electron chi connectivity index (χ0n) is 10.6. The van der Waals surface area contributed by atoms with Crippen molar-refractivity contribution in [2.45, 2.75) is 19.9 Å². The van der Waals surface area contributed by atoms with Crippen LogP contribution in [-0.4, -0.2) is 55.3 Å². The van der Waals surface area contributed by atoms with Crippen molar-refractivity contribution in [3.05, 3.63) is 0 Å². The number of halogens is 1. The van der Waals surface area contributed by atoms with E-state index in [-0.39, 0.29) is 42.7 Å². The van der Waals surface area contributed by atoms with Gasteiger partial charge in [0.2, 0.25) is 11.8 Å². The SMILES string of the molecule is CC(N)C(C)C(=O)N(C)CC(=O)N(C)C.Cl. The molecule has 0 aliphatic heterocycles. The Hall–Kier alpha value is -0.810. The van der Waals surface area contributed by atoms with E-state index < -0.39 is 0 Å². The standard InChI is InChI=1S/C10H21N3O2.ClH/c1-7(8(2)11)10(15)13(5)6-9(14)12(3)4;/h7-8H,6,11H2,1-5H3;1H. The van der Waals surface area contributed by atoms with E-state index in [4.69, 9.17) is 5.73 Å². The van der Waals surface area contributed by atoms with Gasteiger partial charge in [-0.15, -0.1) is 12.4 Å². The number of hydrogen-bond donors (Lipinski definition) is 1. The molecule has 0 heterocycles. The van der Waals surface area contributed by atoms with Crippen molar-refractivity contribution >= 4 is 24.2 Å². The van der Waals surface area contributed by atoms with Gasteiger partial charge < -0.3 is 15.5 Å². The minimum absolute atomic E-state index is 0. The fourth-order valence-electron chi connectivity index (χ4n) is 0.995. The highest BCUT2D eigenvalue weighted by molar-refractivity contribution is 5.86. The van der Waals surface area contributed by atoms with Crippen molar-refractivity contribution in [1.82, 2.24) is 9.80 Å². The van der Waals surface area contributed by atoms with Gasteiger partial charge in [0.1, 0.15) is 0 Å². The molecule has 0 fully saturated rings. The summed E-state index contributed by atoms with van der Waals surface area (Å²) in [5, 5.41) is 0. The number of nitrogens with zero attached hydrogens (tertiary/aromatic N) is 2. The summed E-state index contributed by atoms with van der Waals surface area (Å²) in [7, 11) is 4.94. The van der Waals surface area contributed by atoms with Gasteiger partial charge in [-0.2, -0.15) is 0 Å². The van der Waals surface area contributed by atoms with E-state index in [0.717, 1.165) is 0 Å². The van der Waals surface area contributed by atoms with Gasteiger partial charge in [-0.1, -0.05) is 6.92 Å². The first-order chi connectivity index (χ1) is 6.77. The number of carbonyl (C=O) groups is 2. The minimum atomic E-state index is -0.259. The molecule has 2 atom stereocenters. The van der Waals surface area contributed by atoms with Crippen LogP contribution in [0.25, 0.3) is 0 Å². The predicted octanol–water partition coefficient (Wildman–Crippen LogP) is -0.0619. The molecule has 2 amide bonds. The molecule has 0 rings (SSSR count). The Bertz CT molecular complexity index is 244. The van der Waals surface area contributed by atoms with Crippen LogP contribution in [0.4, 0.5) is 0 Å². The highest BCUT2D eigenvalue weighted by atomic mass is 35.5. The van der Waals surface area contributed by atoms with E-state index in [1.807, 2.05) is 0 Å². The Morgan fingerprint density at radius 2 is 1.62 bits per heavy atom. The van der Waals surface area contributed by atoms with Crippen LogP contribution >= 0.6 is 12.4 Å². The molecule has 0 spiro atoms. The molecule has 0 radical (unpaired) electrons. The van der Waals surface area contributed by atoms with Crippen molar-refractivity contribution in [2.75, 3.05) is 27.7 Å². The molecule has 6 heteroatoms. The third-order valence-corrected chi connectivity index (χ3v) is 2.43. The van der Waals surface area contributed by atoms with Crippen LogP contribution in [0.5, 0.6) is 0 Å². The molecule has 0 aromatic heterocycles. The van der Waals surface area contributed by atoms with Gasteiger partial charge in [-0.3, -0.25) is 9.59 Å². The molecular formula is C10H22ClN3O2. The van der Waals surface area contributed by atoms with Gasteiger partial charge in [0.25, 0.3) is 0 Å². The lowest BCUT2D eigenvalue weighted by atomic mass is 10.0. The Morgan fingerprint density at radius 3 is 1.94 bits per heavy atom. The summed E-state index contributed by atoms with van der Waals surface area (Å²) in [5.41, 5.74) is 5.62. The van der Waals surface area contributed by atoms with Crippen LogP contribution in [-0.2, 0) is 9.59 Å². The molecule has 0 aromatic carbocycles. The number of hydrogen-bond acceptors (Lipinski definition) is 3. The molecule has 0 bridgehead atoms. The van der Waals surface area contributed by atoms with Crippen LogP contribution in [0.3, 0.4) is 0 Å². The third-order valence-electron chi connectivity index (χ3n) is 2.43. The van der Waals surface area contributed by atoms with Gasteiger partial charge in [0.15, 0.2) is 0 Å². The quantitative estimate of drug-likeness (QED) is 0.761. The lowest BCUT2D eigenvalue weighted by molar-refractivity contribution is -0.140. The fraction of sp³-hybridized carbons (Fsp3) is 0.800. The largest absolute Gasteiger partial charge is 0.347 e. The van der Waals surface area contributed by atoms with Crippen LogP contribution in [0, 0.1) is 5.92 Å². The van der Waals surface area contributed by atoms with E-state index in [1.165, 1.54) is 9.80 Å². The first kappa shape index (κ1) is 17.6. The van der Waals surface area contributed by atoms with Gasteiger partial charge in [0.05, 0.1) is 12.5 Å². The maximum Gasteiger partial charge on any atom is 0.241 e.